The molecular weight excluding hydrogens is 388 g/mol. The topological polar surface area (TPSA) is 116 Å². The maximum atomic E-state index is 12.7. The summed E-state index contributed by atoms with van der Waals surface area (Å²) in [6.07, 6.45) is 0. The van der Waals surface area contributed by atoms with Crippen LogP contribution in [0, 0.1) is 10.1 Å². The zero-order chi connectivity index (χ0) is 21.5. The number of benzene rings is 3. The van der Waals surface area contributed by atoms with Crippen LogP contribution >= 0.6 is 0 Å². The second-order valence-electron chi connectivity index (χ2n) is 6.17. The van der Waals surface area contributed by atoms with Crippen LogP contribution in [-0.2, 0) is 9.53 Å². The first kappa shape index (κ1) is 20.4. The van der Waals surface area contributed by atoms with Gasteiger partial charge in [-0.25, -0.2) is 4.79 Å². The van der Waals surface area contributed by atoms with Gasteiger partial charge in [0, 0.05) is 23.3 Å². The molecule has 0 aliphatic heterocycles. The van der Waals surface area contributed by atoms with Gasteiger partial charge in [-0.1, -0.05) is 42.5 Å². The highest BCUT2D eigenvalue weighted by Crippen LogP contribution is 2.19. The molecule has 0 bridgehead atoms. The van der Waals surface area contributed by atoms with Crippen LogP contribution in [0.4, 0.5) is 11.4 Å². The Morgan fingerprint density at radius 2 is 1.47 bits per heavy atom. The molecule has 0 spiro atoms. The predicted octanol–water partition coefficient (Wildman–Crippen LogP) is 3.62. The molecular formula is C22H16N2O6. The number of carbonyl (C=O) groups excluding carboxylic acids is 3. The Bertz CT molecular complexity index is 1090. The van der Waals surface area contributed by atoms with Gasteiger partial charge in [0.15, 0.2) is 12.4 Å². The zero-order valence-electron chi connectivity index (χ0n) is 15.6. The average molecular weight is 404 g/mol. The molecule has 150 valence electrons. The average Bonchev–Trinajstić information content (AvgIpc) is 2.78. The van der Waals surface area contributed by atoms with E-state index in [0.29, 0.717) is 16.8 Å². The van der Waals surface area contributed by atoms with E-state index in [2.05, 4.69) is 5.32 Å². The maximum absolute atomic E-state index is 12.7. The molecule has 0 aliphatic rings. The van der Waals surface area contributed by atoms with Gasteiger partial charge in [-0.2, -0.15) is 0 Å². The van der Waals surface area contributed by atoms with E-state index in [9.17, 15) is 24.5 Å². The van der Waals surface area contributed by atoms with Crippen molar-refractivity contribution < 1.29 is 24.0 Å². The monoisotopic (exact) mass is 404 g/mol. The minimum absolute atomic E-state index is 0.0769. The summed E-state index contributed by atoms with van der Waals surface area (Å²) in [7, 11) is 0. The molecule has 0 atom stereocenters. The van der Waals surface area contributed by atoms with Crippen LogP contribution in [0.25, 0.3) is 0 Å². The third-order valence-corrected chi connectivity index (χ3v) is 4.13. The normalized spacial score (nSPS) is 10.1. The molecule has 0 heterocycles. The van der Waals surface area contributed by atoms with E-state index in [1.165, 1.54) is 24.3 Å². The highest BCUT2D eigenvalue weighted by Gasteiger charge is 2.16. The third-order valence-electron chi connectivity index (χ3n) is 4.13. The van der Waals surface area contributed by atoms with Crippen LogP contribution < -0.4 is 5.32 Å². The van der Waals surface area contributed by atoms with Crippen molar-refractivity contribution in [1.29, 1.82) is 0 Å². The summed E-state index contributed by atoms with van der Waals surface area (Å²) < 4.78 is 4.94. The molecule has 0 radical (unpaired) electrons. The van der Waals surface area contributed by atoms with Crippen molar-refractivity contribution in [3.05, 3.63) is 106 Å². The standard InChI is InChI=1S/C22H16N2O6/c25-20(14-30-22(27)16-10-12-17(13-11-16)24(28)29)23-19-9-5-4-8-18(19)21(26)15-6-2-1-3-7-15/h1-13H,14H2,(H,23,25). The molecule has 0 saturated heterocycles. The molecule has 1 amide bonds. The number of non-ortho nitro benzene ring substituents is 1. The summed E-state index contributed by atoms with van der Waals surface area (Å²) >= 11 is 0. The van der Waals surface area contributed by atoms with Crippen molar-refractivity contribution in [3.63, 3.8) is 0 Å². The lowest BCUT2D eigenvalue weighted by atomic mass is 10.0. The summed E-state index contributed by atoms with van der Waals surface area (Å²) in [5.74, 6) is -1.68. The molecule has 1 N–H and O–H groups in total. The number of esters is 1. The van der Waals surface area contributed by atoms with Crippen LogP contribution in [0.15, 0.2) is 78.9 Å². The van der Waals surface area contributed by atoms with E-state index in [1.54, 1.807) is 54.6 Å². The van der Waals surface area contributed by atoms with Crippen molar-refractivity contribution in [3.8, 4) is 0 Å². The van der Waals surface area contributed by atoms with Gasteiger partial charge in [0.1, 0.15) is 0 Å². The first-order chi connectivity index (χ1) is 14.5. The number of nitro groups is 1. The Morgan fingerprint density at radius 1 is 0.833 bits per heavy atom. The van der Waals surface area contributed by atoms with Gasteiger partial charge in [-0.05, 0) is 24.3 Å². The van der Waals surface area contributed by atoms with Crippen LogP contribution in [0.2, 0.25) is 0 Å². The minimum Gasteiger partial charge on any atom is -0.452 e. The van der Waals surface area contributed by atoms with Crippen molar-refractivity contribution in [2.75, 3.05) is 11.9 Å². The molecule has 3 rings (SSSR count). The number of rotatable bonds is 7. The third kappa shape index (κ3) is 4.93. The van der Waals surface area contributed by atoms with Gasteiger partial charge in [0.2, 0.25) is 0 Å². The Labute approximate surface area is 171 Å². The van der Waals surface area contributed by atoms with E-state index in [1.807, 2.05) is 0 Å². The number of hydrogen-bond donors (Lipinski definition) is 1. The number of amides is 1. The molecule has 3 aromatic carbocycles. The van der Waals surface area contributed by atoms with Crippen LogP contribution in [-0.4, -0.2) is 29.2 Å². The first-order valence-electron chi connectivity index (χ1n) is 8.86. The fourth-order valence-electron chi connectivity index (χ4n) is 2.66. The van der Waals surface area contributed by atoms with Gasteiger partial charge < -0.3 is 10.1 Å². The molecule has 8 nitrogen and oxygen atoms in total. The molecule has 0 aliphatic carbocycles. The molecule has 30 heavy (non-hydrogen) atoms. The fraction of sp³-hybridized carbons (Fsp3) is 0.0455. The van der Waals surface area contributed by atoms with E-state index < -0.39 is 23.4 Å². The lowest BCUT2D eigenvalue weighted by molar-refractivity contribution is -0.384. The van der Waals surface area contributed by atoms with Gasteiger partial charge in [-0.15, -0.1) is 0 Å². The Kier molecular flexibility index (Phi) is 6.29. The second-order valence-corrected chi connectivity index (χ2v) is 6.17. The molecule has 0 fully saturated rings. The highest BCUT2D eigenvalue weighted by atomic mass is 16.6. The summed E-state index contributed by atoms with van der Waals surface area (Å²) in [5.41, 5.74) is 0.988. The minimum atomic E-state index is -0.798. The molecule has 8 heteroatoms. The Hall–Kier alpha value is -4.33. The summed E-state index contributed by atoms with van der Waals surface area (Å²) in [6, 6.07) is 20.0. The lowest BCUT2D eigenvalue weighted by Crippen LogP contribution is -2.22. The largest absolute Gasteiger partial charge is 0.452 e. The molecule has 3 aromatic rings. The SMILES string of the molecule is O=C(COC(=O)c1ccc([N+](=O)[O-])cc1)Nc1ccccc1C(=O)c1ccccc1. The van der Waals surface area contributed by atoms with Gasteiger partial charge >= 0.3 is 5.97 Å². The lowest BCUT2D eigenvalue weighted by Gasteiger charge is -2.11. The Balaban J connectivity index is 1.63. The molecule has 0 saturated carbocycles. The second kappa shape index (κ2) is 9.24. The van der Waals surface area contributed by atoms with Crippen molar-refractivity contribution in [1.82, 2.24) is 0 Å². The zero-order valence-corrected chi connectivity index (χ0v) is 15.6. The van der Waals surface area contributed by atoms with Gasteiger partial charge in [-0.3, -0.25) is 19.7 Å². The number of hydrogen-bond acceptors (Lipinski definition) is 6. The smallest absolute Gasteiger partial charge is 0.338 e. The maximum Gasteiger partial charge on any atom is 0.338 e. The predicted molar refractivity (Wildman–Crippen MR) is 108 cm³/mol. The van der Waals surface area contributed by atoms with Crippen LogP contribution in [0.3, 0.4) is 0 Å². The van der Waals surface area contributed by atoms with Crippen molar-refractivity contribution in [2.24, 2.45) is 0 Å². The van der Waals surface area contributed by atoms with E-state index in [-0.39, 0.29) is 17.0 Å². The number of anilines is 1. The molecule has 0 unspecified atom stereocenters. The summed E-state index contributed by atoms with van der Waals surface area (Å²) in [4.78, 5) is 47.0. The summed E-state index contributed by atoms with van der Waals surface area (Å²) in [6.45, 7) is -0.580. The molecule has 0 aromatic heterocycles. The highest BCUT2D eigenvalue weighted by molar-refractivity contribution is 6.13. The number of nitro benzene ring substituents is 1. The van der Waals surface area contributed by atoms with Crippen LogP contribution in [0.1, 0.15) is 26.3 Å². The summed E-state index contributed by atoms with van der Waals surface area (Å²) in [5, 5.41) is 13.2. The van der Waals surface area contributed by atoms with Gasteiger partial charge in [0.25, 0.3) is 11.6 Å². The first-order valence-corrected chi connectivity index (χ1v) is 8.86. The number of ether oxygens (including phenoxy) is 1. The number of nitrogens with zero attached hydrogens (tertiary/aromatic N) is 1. The van der Waals surface area contributed by atoms with E-state index >= 15 is 0 Å². The van der Waals surface area contributed by atoms with Crippen molar-refractivity contribution >= 4 is 29.0 Å². The number of nitrogens with one attached hydrogen (secondary N) is 1. The number of carbonyl (C=O) groups is 3. The number of para-hydroxylation sites is 1. The van der Waals surface area contributed by atoms with E-state index in [0.717, 1.165) is 0 Å². The van der Waals surface area contributed by atoms with Crippen LogP contribution in [0.5, 0.6) is 0 Å². The van der Waals surface area contributed by atoms with Crippen molar-refractivity contribution in [2.45, 2.75) is 0 Å². The quantitative estimate of drug-likeness (QED) is 0.278. The Morgan fingerprint density at radius 3 is 2.13 bits per heavy atom. The van der Waals surface area contributed by atoms with Gasteiger partial charge in [0.05, 0.1) is 16.2 Å². The fourth-order valence-corrected chi connectivity index (χ4v) is 2.66. The number of ketones is 1. The van der Waals surface area contributed by atoms with E-state index in [4.69, 9.17) is 4.74 Å².